The van der Waals surface area contributed by atoms with Crippen LogP contribution in [0.4, 0.5) is 4.79 Å². The second-order valence-electron chi connectivity index (χ2n) is 7.06. The Kier molecular flexibility index (Phi) is 6.00. The van der Waals surface area contributed by atoms with Gasteiger partial charge in [0.05, 0.1) is 12.6 Å². The van der Waals surface area contributed by atoms with Gasteiger partial charge in [-0.3, -0.25) is 0 Å². The topological polar surface area (TPSA) is 67.4 Å². The van der Waals surface area contributed by atoms with E-state index in [1.807, 2.05) is 65.6 Å². The maximum Gasteiger partial charge on any atom is 0.318 e. The first-order chi connectivity index (χ1) is 14.3. The number of piperidine rings is 1. The summed E-state index contributed by atoms with van der Waals surface area (Å²) < 4.78 is 5.87. The Hall–Kier alpha value is -3.41. The first-order valence-corrected chi connectivity index (χ1v) is 9.88. The summed E-state index contributed by atoms with van der Waals surface area (Å²) in [6.07, 6.45) is 4.96. The van der Waals surface area contributed by atoms with Crippen molar-refractivity contribution in [1.82, 2.24) is 20.2 Å². The van der Waals surface area contributed by atoms with Gasteiger partial charge in [0.2, 0.25) is 0 Å². The third-order valence-electron chi connectivity index (χ3n) is 5.01. The molecule has 1 aliphatic rings. The Labute approximate surface area is 170 Å². The van der Waals surface area contributed by atoms with E-state index in [1.54, 1.807) is 18.5 Å². The second kappa shape index (κ2) is 9.19. The van der Waals surface area contributed by atoms with Gasteiger partial charge in [0, 0.05) is 18.9 Å². The number of amides is 2. The van der Waals surface area contributed by atoms with Gasteiger partial charge in [0.1, 0.15) is 6.10 Å². The molecule has 1 fully saturated rings. The van der Waals surface area contributed by atoms with Crippen LogP contribution in [0.15, 0.2) is 79.1 Å². The van der Waals surface area contributed by atoms with Gasteiger partial charge in [-0.25, -0.2) is 14.8 Å². The highest BCUT2D eigenvalue weighted by molar-refractivity contribution is 5.75. The van der Waals surface area contributed by atoms with Crippen molar-refractivity contribution in [3.63, 3.8) is 0 Å². The molecule has 1 atom stereocenters. The lowest BCUT2D eigenvalue weighted by Crippen LogP contribution is -2.49. The van der Waals surface area contributed by atoms with Crippen LogP contribution in [0.1, 0.15) is 30.0 Å². The molecule has 0 spiro atoms. The molecule has 2 amide bonds. The van der Waals surface area contributed by atoms with Gasteiger partial charge in [-0.05, 0) is 30.0 Å². The predicted molar refractivity (Wildman–Crippen MR) is 111 cm³/mol. The van der Waals surface area contributed by atoms with E-state index in [0.29, 0.717) is 19.1 Å². The lowest BCUT2D eigenvalue weighted by Gasteiger charge is -2.33. The molecule has 148 valence electrons. The highest BCUT2D eigenvalue weighted by atomic mass is 16.5. The van der Waals surface area contributed by atoms with E-state index in [-0.39, 0.29) is 18.2 Å². The van der Waals surface area contributed by atoms with E-state index in [0.717, 1.165) is 24.0 Å². The number of hydrogen-bond acceptors (Lipinski definition) is 4. The van der Waals surface area contributed by atoms with Crippen LogP contribution in [0.3, 0.4) is 0 Å². The van der Waals surface area contributed by atoms with E-state index >= 15 is 0 Å². The number of hydrogen-bond donors (Lipinski definition) is 1. The van der Waals surface area contributed by atoms with Crippen molar-refractivity contribution in [1.29, 1.82) is 0 Å². The molecule has 3 aromatic rings. The zero-order valence-electron chi connectivity index (χ0n) is 16.1. The summed E-state index contributed by atoms with van der Waals surface area (Å²) in [4.78, 5) is 23.1. The fourth-order valence-electron chi connectivity index (χ4n) is 3.58. The number of urea groups is 1. The zero-order chi connectivity index (χ0) is 19.9. The molecule has 0 unspecified atom stereocenters. The van der Waals surface area contributed by atoms with Gasteiger partial charge in [-0.2, -0.15) is 0 Å². The van der Waals surface area contributed by atoms with Crippen molar-refractivity contribution in [2.75, 3.05) is 13.1 Å². The molecule has 2 heterocycles. The highest BCUT2D eigenvalue weighted by Gasteiger charge is 2.27. The molecule has 1 aliphatic heterocycles. The van der Waals surface area contributed by atoms with Crippen LogP contribution in [0, 0.1) is 0 Å². The van der Waals surface area contributed by atoms with Gasteiger partial charge < -0.3 is 15.0 Å². The van der Waals surface area contributed by atoms with Crippen molar-refractivity contribution in [2.24, 2.45) is 0 Å². The molecule has 1 aromatic heterocycles. The van der Waals surface area contributed by atoms with Crippen molar-refractivity contribution < 1.29 is 9.53 Å². The van der Waals surface area contributed by atoms with Crippen LogP contribution >= 0.6 is 0 Å². The van der Waals surface area contributed by atoms with Crippen LogP contribution in [-0.4, -0.2) is 40.1 Å². The summed E-state index contributed by atoms with van der Waals surface area (Å²) in [7, 11) is 0. The van der Waals surface area contributed by atoms with E-state index in [1.165, 1.54) is 0 Å². The summed E-state index contributed by atoms with van der Waals surface area (Å²) in [6.45, 7) is 1.22. The van der Waals surface area contributed by atoms with E-state index in [4.69, 9.17) is 4.74 Å². The summed E-state index contributed by atoms with van der Waals surface area (Å²) in [5.74, 6) is 0. The van der Waals surface area contributed by atoms with Crippen LogP contribution in [-0.2, 0) is 0 Å². The normalized spacial score (nSPS) is 16.4. The number of carbonyl (C=O) groups excluding carboxylic acids is 1. The Balaban J connectivity index is 1.46. The average molecular weight is 388 g/mol. The smallest absolute Gasteiger partial charge is 0.318 e. The van der Waals surface area contributed by atoms with Crippen LogP contribution in [0.25, 0.3) is 0 Å². The molecular formula is C23H24N4O2. The number of nitrogens with zero attached hydrogens (tertiary/aromatic N) is 3. The number of carbonyl (C=O) groups is 1. The van der Waals surface area contributed by atoms with E-state index < -0.39 is 0 Å². The van der Waals surface area contributed by atoms with Gasteiger partial charge in [0.15, 0.2) is 0 Å². The maximum absolute atomic E-state index is 13.1. The summed E-state index contributed by atoms with van der Waals surface area (Å²) in [6, 6.07) is 21.9. The van der Waals surface area contributed by atoms with Crippen LogP contribution < -0.4 is 10.1 Å². The Morgan fingerprint density at radius 2 is 1.59 bits per heavy atom. The SMILES string of the molecule is O=C(NC(c1ccccc1)c1ccccc1)N1CCC[C@H](Oc2ncccn2)C1. The lowest BCUT2D eigenvalue weighted by molar-refractivity contribution is 0.0932. The van der Waals surface area contributed by atoms with Crippen molar-refractivity contribution in [2.45, 2.75) is 25.0 Å². The van der Waals surface area contributed by atoms with E-state index in [9.17, 15) is 4.79 Å². The Bertz CT molecular complexity index is 866. The fraction of sp³-hybridized carbons (Fsp3) is 0.261. The predicted octanol–water partition coefficient (Wildman–Crippen LogP) is 3.82. The number of nitrogens with one attached hydrogen (secondary N) is 1. The van der Waals surface area contributed by atoms with Gasteiger partial charge in [-0.1, -0.05) is 60.7 Å². The Morgan fingerprint density at radius 1 is 0.966 bits per heavy atom. The van der Waals surface area contributed by atoms with Crippen LogP contribution in [0.2, 0.25) is 0 Å². The molecule has 1 saturated heterocycles. The summed E-state index contributed by atoms with van der Waals surface area (Å²) >= 11 is 0. The second-order valence-corrected chi connectivity index (χ2v) is 7.06. The molecule has 1 N–H and O–H groups in total. The number of rotatable bonds is 5. The quantitative estimate of drug-likeness (QED) is 0.722. The molecule has 2 aromatic carbocycles. The molecule has 0 aliphatic carbocycles. The van der Waals surface area contributed by atoms with Crippen molar-refractivity contribution in [3.8, 4) is 6.01 Å². The minimum atomic E-state index is -0.205. The molecule has 0 radical (unpaired) electrons. The third kappa shape index (κ3) is 4.90. The van der Waals surface area contributed by atoms with Gasteiger partial charge in [0.25, 0.3) is 0 Å². The monoisotopic (exact) mass is 388 g/mol. The number of ether oxygens (including phenoxy) is 1. The average Bonchev–Trinajstić information content (AvgIpc) is 2.79. The fourth-order valence-corrected chi connectivity index (χ4v) is 3.58. The summed E-state index contributed by atoms with van der Waals surface area (Å²) in [5, 5.41) is 3.20. The maximum atomic E-state index is 13.1. The molecule has 0 bridgehead atoms. The molecule has 29 heavy (non-hydrogen) atoms. The molecular weight excluding hydrogens is 364 g/mol. The summed E-state index contributed by atoms with van der Waals surface area (Å²) in [5.41, 5.74) is 2.10. The van der Waals surface area contributed by atoms with Gasteiger partial charge in [-0.15, -0.1) is 0 Å². The highest BCUT2D eigenvalue weighted by Crippen LogP contribution is 2.23. The molecule has 6 heteroatoms. The lowest BCUT2D eigenvalue weighted by atomic mass is 9.99. The third-order valence-corrected chi connectivity index (χ3v) is 5.01. The minimum absolute atomic E-state index is 0.0926. The first kappa shape index (κ1) is 18.9. The van der Waals surface area contributed by atoms with Gasteiger partial charge >= 0.3 is 12.0 Å². The minimum Gasteiger partial charge on any atom is -0.458 e. The van der Waals surface area contributed by atoms with Crippen molar-refractivity contribution in [3.05, 3.63) is 90.3 Å². The number of benzene rings is 2. The number of likely N-dealkylation sites (tertiary alicyclic amines) is 1. The first-order valence-electron chi connectivity index (χ1n) is 9.88. The number of aromatic nitrogens is 2. The zero-order valence-corrected chi connectivity index (χ0v) is 16.1. The molecule has 6 nitrogen and oxygen atoms in total. The van der Waals surface area contributed by atoms with E-state index in [2.05, 4.69) is 15.3 Å². The largest absolute Gasteiger partial charge is 0.458 e. The van der Waals surface area contributed by atoms with Crippen LogP contribution in [0.5, 0.6) is 6.01 Å². The van der Waals surface area contributed by atoms with Crippen molar-refractivity contribution >= 4 is 6.03 Å². The Morgan fingerprint density at radius 3 is 2.21 bits per heavy atom. The molecule has 0 saturated carbocycles. The molecule has 4 rings (SSSR count). The standard InChI is InChI=1S/C23H24N4O2/c28-23(27-16-7-13-20(17-27)29-22-24-14-8-15-25-22)26-21(18-9-3-1-4-10-18)19-11-5-2-6-12-19/h1-6,8-12,14-15,20-21H,7,13,16-17H2,(H,26,28)/t20-/m0/s1.